The minimum atomic E-state index is -0.602. The molecule has 0 spiro atoms. The Hall–Kier alpha value is -3.53. The number of aryl methyl sites for hydroxylation is 1. The van der Waals surface area contributed by atoms with Crippen LogP contribution in [0.5, 0.6) is 0 Å². The van der Waals surface area contributed by atoms with Crippen LogP contribution in [0.4, 0.5) is 0 Å². The number of fused-ring (bicyclic) bond motifs is 1. The predicted octanol–water partition coefficient (Wildman–Crippen LogP) is 2.24. The molecule has 1 aromatic carbocycles. The zero-order valence-electron chi connectivity index (χ0n) is 16.2. The Balaban J connectivity index is 1.45. The third-order valence-electron chi connectivity index (χ3n) is 4.61. The normalized spacial score (nSPS) is 11.1. The number of benzene rings is 1. The number of nitrogens with one attached hydrogen (secondary N) is 1. The van der Waals surface area contributed by atoms with Gasteiger partial charge in [0.05, 0.1) is 28.9 Å². The summed E-state index contributed by atoms with van der Waals surface area (Å²) in [6.07, 6.45) is 0.0714. The highest BCUT2D eigenvalue weighted by Crippen LogP contribution is 2.21. The number of hydrogen-bond acceptors (Lipinski definition) is 7. The molecule has 9 nitrogen and oxygen atoms in total. The Labute approximate surface area is 174 Å². The van der Waals surface area contributed by atoms with Crippen molar-refractivity contribution in [1.29, 1.82) is 0 Å². The van der Waals surface area contributed by atoms with Gasteiger partial charge >= 0.3 is 5.76 Å². The van der Waals surface area contributed by atoms with Crippen molar-refractivity contribution in [2.75, 3.05) is 6.54 Å². The van der Waals surface area contributed by atoms with Crippen LogP contribution in [0.1, 0.15) is 19.2 Å². The number of aromatic amines is 1. The van der Waals surface area contributed by atoms with E-state index >= 15 is 0 Å². The first kappa shape index (κ1) is 19.8. The molecule has 0 saturated carbocycles. The molecule has 3 heterocycles. The lowest BCUT2D eigenvalue weighted by Gasteiger charge is -2.20. The third-order valence-corrected chi connectivity index (χ3v) is 5.47. The van der Waals surface area contributed by atoms with Crippen molar-refractivity contribution in [1.82, 2.24) is 24.6 Å². The van der Waals surface area contributed by atoms with E-state index in [2.05, 4.69) is 15.1 Å². The zero-order valence-corrected chi connectivity index (χ0v) is 17.0. The number of para-hydroxylation sites is 1. The van der Waals surface area contributed by atoms with E-state index < -0.39 is 5.76 Å². The fourth-order valence-corrected chi connectivity index (χ4v) is 3.72. The Kier molecular flexibility index (Phi) is 5.57. The molecule has 0 fully saturated rings. The fourth-order valence-electron chi connectivity index (χ4n) is 3.07. The molecular weight excluding hydrogens is 406 g/mol. The van der Waals surface area contributed by atoms with Gasteiger partial charge in [0.25, 0.3) is 11.4 Å². The van der Waals surface area contributed by atoms with Crippen molar-refractivity contribution in [3.8, 4) is 10.8 Å². The zero-order chi connectivity index (χ0) is 21.1. The summed E-state index contributed by atoms with van der Waals surface area (Å²) in [5.74, 6) is -0.129. The van der Waals surface area contributed by atoms with Crippen LogP contribution in [-0.2, 0) is 17.9 Å². The molecule has 10 heteroatoms. The number of amides is 1. The third kappa shape index (κ3) is 4.08. The van der Waals surface area contributed by atoms with E-state index in [-0.39, 0.29) is 36.9 Å². The number of nitrogens with zero attached hydrogens (tertiary/aromatic N) is 4. The van der Waals surface area contributed by atoms with Gasteiger partial charge in [-0.2, -0.15) is 4.68 Å². The van der Waals surface area contributed by atoms with Gasteiger partial charge in [-0.15, -0.1) is 16.4 Å². The molecule has 0 radical (unpaired) electrons. The average Bonchev–Trinajstić information content (AvgIpc) is 3.40. The smallest absolute Gasteiger partial charge is 0.387 e. The van der Waals surface area contributed by atoms with E-state index in [1.165, 1.54) is 11.3 Å². The van der Waals surface area contributed by atoms with E-state index in [1.807, 2.05) is 24.4 Å². The van der Waals surface area contributed by atoms with Crippen LogP contribution in [0.2, 0.25) is 0 Å². The summed E-state index contributed by atoms with van der Waals surface area (Å²) in [7, 11) is 0. The first-order chi connectivity index (χ1) is 14.5. The maximum atomic E-state index is 12.7. The largest absolute Gasteiger partial charge is 0.437 e. The number of rotatable bonds is 7. The van der Waals surface area contributed by atoms with Gasteiger partial charge in [-0.3, -0.25) is 9.59 Å². The second-order valence-electron chi connectivity index (χ2n) is 6.56. The van der Waals surface area contributed by atoms with Crippen LogP contribution in [0.25, 0.3) is 21.7 Å². The molecule has 154 valence electrons. The molecule has 0 atom stereocenters. The van der Waals surface area contributed by atoms with E-state index in [4.69, 9.17) is 4.42 Å². The topological polar surface area (TPSA) is 114 Å². The number of carbonyl (C=O) groups is 1. The van der Waals surface area contributed by atoms with Crippen molar-refractivity contribution in [2.45, 2.75) is 26.4 Å². The molecule has 3 aromatic heterocycles. The van der Waals surface area contributed by atoms with Gasteiger partial charge in [0, 0.05) is 13.0 Å². The summed E-state index contributed by atoms with van der Waals surface area (Å²) in [6, 6.07) is 10.7. The molecular formula is C20H19N5O4S. The number of aromatic nitrogens is 4. The molecule has 1 amide bonds. The Morgan fingerprint density at radius 2 is 2.07 bits per heavy atom. The summed E-state index contributed by atoms with van der Waals surface area (Å²) in [5, 5.41) is 6.52. The molecule has 4 rings (SSSR count). The molecule has 1 N–H and O–H groups in total. The molecule has 4 aromatic rings. The summed E-state index contributed by atoms with van der Waals surface area (Å²) >= 11 is 1.41. The number of H-pyrrole nitrogens is 1. The van der Waals surface area contributed by atoms with Gasteiger partial charge in [-0.25, -0.2) is 9.78 Å². The lowest BCUT2D eigenvalue weighted by molar-refractivity contribution is -0.132. The molecule has 0 bridgehead atoms. The SMILES string of the molecule is CCN(Cc1nc2ccccc2c(=O)[nH]1)C(=O)CCn1nc(-c2cccs2)oc1=O. The van der Waals surface area contributed by atoms with Gasteiger partial charge in [0.15, 0.2) is 0 Å². The lowest BCUT2D eigenvalue weighted by atomic mass is 10.2. The summed E-state index contributed by atoms with van der Waals surface area (Å²) in [4.78, 5) is 46.4. The molecule has 0 aliphatic rings. The molecule has 0 unspecified atom stereocenters. The molecule has 0 aliphatic heterocycles. The van der Waals surface area contributed by atoms with Gasteiger partial charge < -0.3 is 14.3 Å². The van der Waals surface area contributed by atoms with Crippen LogP contribution in [0, 0.1) is 0 Å². The minimum absolute atomic E-state index is 0.0714. The van der Waals surface area contributed by atoms with Crippen LogP contribution in [-0.4, -0.2) is 37.1 Å². The van der Waals surface area contributed by atoms with Crippen molar-refractivity contribution in [3.63, 3.8) is 0 Å². The molecule has 0 saturated heterocycles. The first-order valence-electron chi connectivity index (χ1n) is 9.42. The van der Waals surface area contributed by atoms with Gasteiger partial charge in [-0.05, 0) is 30.5 Å². The highest BCUT2D eigenvalue weighted by atomic mass is 32.1. The summed E-state index contributed by atoms with van der Waals surface area (Å²) in [5.41, 5.74) is 0.337. The highest BCUT2D eigenvalue weighted by molar-refractivity contribution is 7.13. The van der Waals surface area contributed by atoms with Gasteiger partial charge in [-0.1, -0.05) is 18.2 Å². The Morgan fingerprint density at radius 3 is 2.83 bits per heavy atom. The predicted molar refractivity (Wildman–Crippen MR) is 112 cm³/mol. The monoisotopic (exact) mass is 425 g/mol. The fraction of sp³-hybridized carbons (Fsp3) is 0.250. The minimum Gasteiger partial charge on any atom is -0.387 e. The van der Waals surface area contributed by atoms with Crippen molar-refractivity contribution in [2.24, 2.45) is 0 Å². The maximum absolute atomic E-state index is 12.7. The highest BCUT2D eigenvalue weighted by Gasteiger charge is 2.17. The number of carbonyl (C=O) groups excluding carboxylic acids is 1. The quantitative estimate of drug-likeness (QED) is 0.486. The van der Waals surface area contributed by atoms with Crippen LogP contribution in [0.3, 0.4) is 0 Å². The lowest BCUT2D eigenvalue weighted by Crippen LogP contribution is -2.33. The van der Waals surface area contributed by atoms with E-state index in [9.17, 15) is 14.4 Å². The maximum Gasteiger partial charge on any atom is 0.437 e. The average molecular weight is 425 g/mol. The van der Waals surface area contributed by atoms with E-state index in [1.54, 1.807) is 29.2 Å². The number of hydrogen-bond donors (Lipinski definition) is 1. The standard InChI is InChI=1S/C20H19N5O4S/c1-2-24(12-16-21-14-7-4-3-6-13(14)18(27)22-16)17(26)9-10-25-20(28)29-19(23-25)15-8-5-11-30-15/h3-8,11H,2,9-10,12H2,1H3,(H,21,22,27). The van der Waals surface area contributed by atoms with Gasteiger partial charge in [0.1, 0.15) is 5.82 Å². The second kappa shape index (κ2) is 8.46. The molecule has 0 aliphatic carbocycles. The van der Waals surface area contributed by atoms with Crippen molar-refractivity contribution < 1.29 is 9.21 Å². The van der Waals surface area contributed by atoms with Crippen LogP contribution in [0.15, 0.2) is 55.8 Å². The van der Waals surface area contributed by atoms with E-state index in [0.717, 1.165) is 9.56 Å². The number of thiophene rings is 1. The molecule has 30 heavy (non-hydrogen) atoms. The van der Waals surface area contributed by atoms with Crippen molar-refractivity contribution in [3.05, 3.63) is 68.5 Å². The van der Waals surface area contributed by atoms with E-state index in [0.29, 0.717) is 23.3 Å². The summed E-state index contributed by atoms with van der Waals surface area (Å²) < 4.78 is 6.31. The second-order valence-corrected chi connectivity index (χ2v) is 7.51. The van der Waals surface area contributed by atoms with Crippen LogP contribution < -0.4 is 11.3 Å². The summed E-state index contributed by atoms with van der Waals surface area (Å²) in [6.45, 7) is 2.55. The Morgan fingerprint density at radius 1 is 1.23 bits per heavy atom. The Bertz CT molecular complexity index is 1290. The van der Waals surface area contributed by atoms with Gasteiger partial charge in [0.2, 0.25) is 5.91 Å². The van der Waals surface area contributed by atoms with Crippen molar-refractivity contribution >= 4 is 28.1 Å². The van der Waals surface area contributed by atoms with Crippen LogP contribution >= 0.6 is 11.3 Å². The first-order valence-corrected chi connectivity index (χ1v) is 10.3.